The first-order valence-electron chi connectivity index (χ1n) is 10.2. The van der Waals surface area contributed by atoms with Crippen LogP contribution in [0.25, 0.3) is 0 Å². The number of aryl methyl sites for hydroxylation is 1. The van der Waals surface area contributed by atoms with E-state index in [4.69, 9.17) is 16.0 Å². The van der Waals surface area contributed by atoms with E-state index in [9.17, 15) is 0 Å². The Morgan fingerprint density at radius 1 is 1.33 bits per heavy atom. The van der Waals surface area contributed by atoms with Gasteiger partial charge in [0.05, 0.1) is 12.7 Å². The number of hydrogen-bond donors (Lipinski definition) is 2. The van der Waals surface area contributed by atoms with E-state index in [0.717, 1.165) is 42.8 Å². The Kier molecular flexibility index (Phi) is 8.85. The number of aliphatic imine (C=N–C) groups is 1. The number of rotatable bonds is 5. The summed E-state index contributed by atoms with van der Waals surface area (Å²) in [6.07, 6.45) is 2.95. The van der Waals surface area contributed by atoms with E-state index in [1.165, 1.54) is 11.3 Å². The number of hydrogen-bond acceptors (Lipinski definition) is 4. The van der Waals surface area contributed by atoms with E-state index in [1.54, 1.807) is 13.2 Å². The monoisotopic (exact) mass is 545 g/mol. The zero-order valence-electron chi connectivity index (χ0n) is 18.5. The predicted molar refractivity (Wildman–Crippen MR) is 135 cm³/mol. The van der Waals surface area contributed by atoms with Crippen molar-refractivity contribution in [3.63, 3.8) is 0 Å². The van der Waals surface area contributed by atoms with Crippen molar-refractivity contribution >= 4 is 47.2 Å². The standard InChI is InChI=1S/C22H32ClN5O.HI/c1-15-6-7-17(23)10-18(15)28-9-8-16(14-28)11-26-21(24-5)27-13-20-25-12-19(29-20)22(2,3)4;/h6-7,10,12,16H,8-9,11,13-14H2,1-5H3,(H2,24,26,27);1H. The molecule has 166 valence electrons. The fourth-order valence-electron chi connectivity index (χ4n) is 3.50. The van der Waals surface area contributed by atoms with Gasteiger partial charge in [-0.05, 0) is 37.0 Å². The normalized spacial score (nSPS) is 17.1. The average molecular weight is 546 g/mol. The third kappa shape index (κ3) is 6.51. The lowest BCUT2D eigenvalue weighted by atomic mass is 9.94. The van der Waals surface area contributed by atoms with Crippen molar-refractivity contribution in [1.29, 1.82) is 0 Å². The first kappa shape index (κ1) is 24.8. The molecule has 1 unspecified atom stereocenters. The summed E-state index contributed by atoms with van der Waals surface area (Å²) in [6, 6.07) is 6.10. The van der Waals surface area contributed by atoms with Crippen LogP contribution >= 0.6 is 35.6 Å². The molecule has 1 fully saturated rings. The lowest BCUT2D eigenvalue weighted by molar-refractivity contribution is 0.379. The molecule has 0 amide bonds. The smallest absolute Gasteiger partial charge is 0.213 e. The molecular weight excluding hydrogens is 513 g/mol. The number of halogens is 2. The Labute approximate surface area is 201 Å². The number of nitrogens with zero attached hydrogens (tertiary/aromatic N) is 3. The van der Waals surface area contributed by atoms with Crippen LogP contribution in [0.5, 0.6) is 0 Å². The average Bonchev–Trinajstić information content (AvgIpc) is 3.33. The molecule has 0 spiro atoms. The molecular formula is C22H33ClIN5O. The number of oxazole rings is 1. The fourth-order valence-corrected chi connectivity index (χ4v) is 3.67. The van der Waals surface area contributed by atoms with Crippen molar-refractivity contribution < 1.29 is 4.42 Å². The molecule has 1 aromatic carbocycles. The summed E-state index contributed by atoms with van der Waals surface area (Å²) in [4.78, 5) is 11.1. The van der Waals surface area contributed by atoms with Crippen molar-refractivity contribution in [1.82, 2.24) is 15.6 Å². The Hall–Kier alpha value is -1.48. The van der Waals surface area contributed by atoms with Crippen molar-refractivity contribution in [2.75, 3.05) is 31.6 Å². The first-order chi connectivity index (χ1) is 13.8. The number of anilines is 1. The van der Waals surface area contributed by atoms with Crippen molar-refractivity contribution in [3.05, 3.63) is 46.6 Å². The van der Waals surface area contributed by atoms with Gasteiger partial charge in [0.1, 0.15) is 5.76 Å². The summed E-state index contributed by atoms with van der Waals surface area (Å²) in [6.45, 7) is 11.9. The van der Waals surface area contributed by atoms with Crippen molar-refractivity contribution in [2.45, 2.75) is 46.1 Å². The molecule has 30 heavy (non-hydrogen) atoms. The van der Waals surface area contributed by atoms with Gasteiger partial charge in [0.25, 0.3) is 0 Å². The largest absolute Gasteiger partial charge is 0.443 e. The van der Waals surface area contributed by atoms with Crippen LogP contribution in [0, 0.1) is 12.8 Å². The van der Waals surface area contributed by atoms with Crippen LogP contribution < -0.4 is 15.5 Å². The van der Waals surface area contributed by atoms with E-state index in [1.807, 2.05) is 6.07 Å². The number of benzene rings is 1. The van der Waals surface area contributed by atoms with E-state index in [2.05, 4.69) is 65.3 Å². The molecule has 0 saturated carbocycles. The maximum atomic E-state index is 6.19. The van der Waals surface area contributed by atoms with Crippen LogP contribution in [0.1, 0.15) is 44.4 Å². The topological polar surface area (TPSA) is 65.7 Å². The minimum Gasteiger partial charge on any atom is -0.443 e. The van der Waals surface area contributed by atoms with Gasteiger partial charge in [0, 0.05) is 42.8 Å². The second-order valence-corrected chi connectivity index (χ2v) is 9.14. The minimum absolute atomic E-state index is 0. The molecule has 1 atom stereocenters. The highest BCUT2D eigenvalue weighted by molar-refractivity contribution is 14.0. The molecule has 0 radical (unpaired) electrons. The highest BCUT2D eigenvalue weighted by Gasteiger charge is 2.24. The van der Waals surface area contributed by atoms with Gasteiger partial charge in [0.2, 0.25) is 5.89 Å². The maximum absolute atomic E-state index is 6.19. The van der Waals surface area contributed by atoms with Gasteiger partial charge in [-0.2, -0.15) is 0 Å². The maximum Gasteiger partial charge on any atom is 0.213 e. The Balaban J connectivity index is 0.00000320. The van der Waals surface area contributed by atoms with Gasteiger partial charge in [-0.3, -0.25) is 4.99 Å². The summed E-state index contributed by atoms with van der Waals surface area (Å²) >= 11 is 6.19. The first-order valence-corrected chi connectivity index (χ1v) is 10.5. The molecule has 1 aromatic heterocycles. The third-order valence-electron chi connectivity index (χ3n) is 5.28. The van der Waals surface area contributed by atoms with Gasteiger partial charge in [-0.15, -0.1) is 24.0 Å². The van der Waals surface area contributed by atoms with Crippen LogP contribution in [-0.2, 0) is 12.0 Å². The highest BCUT2D eigenvalue weighted by Crippen LogP contribution is 2.29. The van der Waals surface area contributed by atoms with Crippen molar-refractivity contribution in [2.24, 2.45) is 10.9 Å². The molecule has 2 N–H and O–H groups in total. The zero-order chi connectivity index (χ0) is 21.0. The fraction of sp³-hybridized carbons (Fsp3) is 0.545. The molecule has 2 heterocycles. The van der Waals surface area contributed by atoms with Gasteiger partial charge < -0.3 is 20.0 Å². The molecule has 2 aromatic rings. The SMILES string of the molecule is CN=C(NCc1ncc(C(C)(C)C)o1)NCC1CCN(c2cc(Cl)ccc2C)C1.I. The van der Waals surface area contributed by atoms with Gasteiger partial charge >= 0.3 is 0 Å². The molecule has 1 aliphatic heterocycles. The van der Waals surface area contributed by atoms with Gasteiger partial charge in [-0.25, -0.2) is 4.98 Å². The van der Waals surface area contributed by atoms with E-state index in [-0.39, 0.29) is 29.4 Å². The quantitative estimate of drug-likeness (QED) is 0.323. The predicted octanol–water partition coefficient (Wildman–Crippen LogP) is 4.74. The second kappa shape index (κ2) is 10.7. The number of guanidine groups is 1. The van der Waals surface area contributed by atoms with Gasteiger partial charge in [-0.1, -0.05) is 38.4 Å². The van der Waals surface area contributed by atoms with Crippen LogP contribution in [0.4, 0.5) is 5.69 Å². The highest BCUT2D eigenvalue weighted by atomic mass is 127. The Bertz CT molecular complexity index is 861. The second-order valence-electron chi connectivity index (χ2n) is 8.71. The molecule has 0 aliphatic carbocycles. The van der Waals surface area contributed by atoms with E-state index < -0.39 is 0 Å². The molecule has 0 bridgehead atoms. The van der Waals surface area contributed by atoms with Crippen LogP contribution in [-0.4, -0.2) is 37.6 Å². The van der Waals surface area contributed by atoms with Crippen LogP contribution in [0.15, 0.2) is 33.8 Å². The Morgan fingerprint density at radius 2 is 2.10 bits per heavy atom. The third-order valence-corrected chi connectivity index (χ3v) is 5.51. The molecule has 8 heteroatoms. The van der Waals surface area contributed by atoms with E-state index >= 15 is 0 Å². The molecule has 1 aliphatic rings. The van der Waals surface area contributed by atoms with E-state index in [0.29, 0.717) is 18.4 Å². The zero-order valence-corrected chi connectivity index (χ0v) is 21.5. The number of aromatic nitrogens is 1. The molecule has 1 saturated heterocycles. The summed E-state index contributed by atoms with van der Waals surface area (Å²) in [7, 11) is 1.78. The summed E-state index contributed by atoms with van der Waals surface area (Å²) in [5.74, 6) is 2.88. The van der Waals surface area contributed by atoms with Crippen LogP contribution in [0.3, 0.4) is 0 Å². The Morgan fingerprint density at radius 3 is 2.77 bits per heavy atom. The summed E-state index contributed by atoms with van der Waals surface area (Å²) in [5, 5.41) is 7.51. The van der Waals surface area contributed by atoms with Crippen molar-refractivity contribution in [3.8, 4) is 0 Å². The van der Waals surface area contributed by atoms with Gasteiger partial charge in [0.15, 0.2) is 5.96 Å². The lowest BCUT2D eigenvalue weighted by Gasteiger charge is -2.21. The number of nitrogens with one attached hydrogen (secondary N) is 2. The minimum atomic E-state index is -0.0408. The summed E-state index contributed by atoms with van der Waals surface area (Å²) in [5.41, 5.74) is 2.46. The summed E-state index contributed by atoms with van der Waals surface area (Å²) < 4.78 is 5.83. The van der Waals surface area contributed by atoms with Crippen LogP contribution in [0.2, 0.25) is 5.02 Å². The molecule has 6 nitrogen and oxygen atoms in total. The lowest BCUT2D eigenvalue weighted by Crippen LogP contribution is -2.40. The molecule has 3 rings (SSSR count).